The van der Waals surface area contributed by atoms with Gasteiger partial charge in [-0.2, -0.15) is 0 Å². The van der Waals surface area contributed by atoms with Crippen molar-refractivity contribution in [1.82, 2.24) is 40.4 Å². The normalized spacial score (nSPS) is 21.4. The monoisotopic (exact) mass is 688 g/mol. The molecular formula is C35H48N10O3S. The summed E-state index contributed by atoms with van der Waals surface area (Å²) in [7, 11) is 0. The van der Waals surface area contributed by atoms with E-state index < -0.39 is 11.7 Å². The van der Waals surface area contributed by atoms with E-state index in [-0.39, 0.29) is 30.1 Å². The van der Waals surface area contributed by atoms with Gasteiger partial charge in [0.05, 0.1) is 34.7 Å². The van der Waals surface area contributed by atoms with Crippen LogP contribution >= 0.6 is 11.3 Å². The van der Waals surface area contributed by atoms with Crippen molar-refractivity contribution in [2.75, 3.05) is 10.6 Å². The molecule has 2 fully saturated rings. The van der Waals surface area contributed by atoms with Crippen molar-refractivity contribution in [2.45, 2.75) is 129 Å². The van der Waals surface area contributed by atoms with Gasteiger partial charge in [0, 0.05) is 42.9 Å². The van der Waals surface area contributed by atoms with E-state index in [0.717, 1.165) is 89.5 Å². The van der Waals surface area contributed by atoms with Crippen LogP contribution in [-0.4, -0.2) is 71.5 Å². The van der Waals surface area contributed by atoms with Gasteiger partial charge in [-0.15, -0.1) is 15.3 Å². The van der Waals surface area contributed by atoms with E-state index in [0.29, 0.717) is 11.9 Å². The van der Waals surface area contributed by atoms with E-state index in [9.17, 15) is 9.59 Å². The molecule has 4 aromatic rings. The molecule has 14 heteroatoms. The standard InChI is InChI=1S/C35H48N10O3S/c1-20(2)38-28-17-29(36-19-25(28)32-43-42-31(49-32)22-11-13-23(14-12-22)39-21(3)46)30-16-15-24-18-37-33(44-45(24)30)40-26-9-7-8-10-27(26)41-34(47)48-35(4,5)6/h15-20,22-23,26-27H,7-14H2,1-6H3,(H,36,38)(H,39,46)(H,40,44)(H,41,47)/t22-,23-,26-,27+/m1/s1. The lowest BCUT2D eigenvalue weighted by atomic mass is 9.86. The van der Waals surface area contributed by atoms with Crippen LogP contribution in [-0.2, 0) is 9.53 Å². The fourth-order valence-corrected chi connectivity index (χ4v) is 7.78. The lowest BCUT2D eigenvalue weighted by molar-refractivity contribution is -0.119. The Morgan fingerprint density at radius 1 is 0.959 bits per heavy atom. The highest BCUT2D eigenvalue weighted by Crippen LogP contribution is 2.39. The fraction of sp³-hybridized carbons (Fsp3) is 0.571. The first kappa shape index (κ1) is 34.5. The molecular weight excluding hydrogens is 641 g/mol. The predicted octanol–water partition coefficient (Wildman–Crippen LogP) is 6.54. The molecule has 2 aliphatic rings. The van der Waals surface area contributed by atoms with Crippen molar-refractivity contribution in [3.63, 3.8) is 0 Å². The molecule has 4 aromatic heterocycles. The summed E-state index contributed by atoms with van der Waals surface area (Å²) < 4.78 is 7.38. The highest BCUT2D eigenvalue weighted by molar-refractivity contribution is 7.14. The number of pyridine rings is 1. The van der Waals surface area contributed by atoms with Crippen molar-refractivity contribution < 1.29 is 14.3 Å². The number of amides is 2. The number of carbonyl (C=O) groups excluding carboxylic acids is 2. The minimum absolute atomic E-state index is 0.0268. The van der Waals surface area contributed by atoms with E-state index in [4.69, 9.17) is 14.8 Å². The molecule has 4 N–H and O–H groups in total. The molecule has 49 heavy (non-hydrogen) atoms. The van der Waals surface area contributed by atoms with Gasteiger partial charge in [-0.05, 0) is 91.3 Å². The average Bonchev–Trinajstić information content (AvgIpc) is 3.69. The van der Waals surface area contributed by atoms with Gasteiger partial charge in [0.2, 0.25) is 11.9 Å². The summed E-state index contributed by atoms with van der Waals surface area (Å²) in [6, 6.07) is 6.34. The minimum atomic E-state index is -0.562. The number of hydrogen-bond donors (Lipinski definition) is 4. The second-order valence-electron chi connectivity index (χ2n) is 14.5. The van der Waals surface area contributed by atoms with E-state index >= 15 is 0 Å². The zero-order valence-electron chi connectivity index (χ0n) is 29.2. The third-order valence-corrected chi connectivity index (χ3v) is 10.1. The Bertz CT molecular complexity index is 1770. The molecule has 6 rings (SSSR count). The van der Waals surface area contributed by atoms with Crippen LogP contribution in [0.15, 0.2) is 30.6 Å². The summed E-state index contributed by atoms with van der Waals surface area (Å²) in [5, 5.41) is 29.1. The zero-order valence-corrected chi connectivity index (χ0v) is 30.1. The molecule has 13 nitrogen and oxygen atoms in total. The smallest absolute Gasteiger partial charge is 0.407 e. The summed E-state index contributed by atoms with van der Waals surface area (Å²) in [5.41, 5.74) is 3.72. The Hall–Kier alpha value is -4.33. The van der Waals surface area contributed by atoms with Crippen LogP contribution in [0.2, 0.25) is 0 Å². The molecule has 2 saturated carbocycles. The van der Waals surface area contributed by atoms with Crippen molar-refractivity contribution in [3.05, 3.63) is 35.6 Å². The summed E-state index contributed by atoms with van der Waals surface area (Å²) in [5.74, 6) is 0.858. The predicted molar refractivity (Wildman–Crippen MR) is 192 cm³/mol. The number of nitrogens with zero attached hydrogens (tertiary/aromatic N) is 6. The van der Waals surface area contributed by atoms with Crippen molar-refractivity contribution in [3.8, 4) is 22.0 Å². The van der Waals surface area contributed by atoms with E-state index in [1.807, 2.05) is 49.7 Å². The minimum Gasteiger partial charge on any atom is -0.444 e. The van der Waals surface area contributed by atoms with Gasteiger partial charge >= 0.3 is 6.09 Å². The van der Waals surface area contributed by atoms with Crippen LogP contribution in [0.25, 0.3) is 27.5 Å². The molecule has 0 radical (unpaired) electrons. The number of anilines is 2. The Kier molecular flexibility index (Phi) is 10.3. The number of fused-ring (bicyclic) bond motifs is 1. The molecule has 262 valence electrons. The number of nitrogens with one attached hydrogen (secondary N) is 4. The second kappa shape index (κ2) is 14.7. The molecule has 0 unspecified atom stereocenters. The molecule has 0 aliphatic heterocycles. The molecule has 2 atom stereocenters. The maximum absolute atomic E-state index is 12.6. The zero-order chi connectivity index (χ0) is 34.7. The number of rotatable bonds is 9. The average molecular weight is 689 g/mol. The maximum atomic E-state index is 12.6. The fourth-order valence-electron chi connectivity index (χ4n) is 6.74. The maximum Gasteiger partial charge on any atom is 0.407 e. The highest BCUT2D eigenvalue weighted by Gasteiger charge is 2.30. The number of hydrogen-bond acceptors (Lipinski definition) is 11. The summed E-state index contributed by atoms with van der Waals surface area (Å²) in [4.78, 5) is 33.5. The van der Waals surface area contributed by atoms with Gasteiger partial charge in [-0.25, -0.2) is 14.3 Å². The molecule has 2 amide bonds. The third-order valence-electron chi connectivity index (χ3n) is 8.95. The highest BCUT2D eigenvalue weighted by atomic mass is 32.1. The van der Waals surface area contributed by atoms with Crippen molar-refractivity contribution in [1.29, 1.82) is 0 Å². The lowest BCUT2D eigenvalue weighted by Crippen LogP contribution is -2.50. The summed E-state index contributed by atoms with van der Waals surface area (Å²) >= 11 is 1.62. The summed E-state index contributed by atoms with van der Waals surface area (Å²) in [6.45, 7) is 11.4. The Balaban J connectivity index is 1.21. The van der Waals surface area contributed by atoms with Gasteiger partial charge < -0.3 is 26.0 Å². The number of ether oxygens (including phenoxy) is 1. The van der Waals surface area contributed by atoms with Crippen LogP contribution < -0.4 is 21.3 Å². The summed E-state index contributed by atoms with van der Waals surface area (Å²) in [6.07, 6.45) is 10.9. The van der Waals surface area contributed by atoms with Crippen LogP contribution in [0.5, 0.6) is 0 Å². The molecule has 0 bridgehead atoms. The first-order valence-electron chi connectivity index (χ1n) is 17.4. The Morgan fingerprint density at radius 2 is 1.71 bits per heavy atom. The quantitative estimate of drug-likeness (QED) is 0.152. The molecule has 2 aliphatic carbocycles. The first-order valence-corrected chi connectivity index (χ1v) is 18.2. The topological polar surface area (TPSA) is 160 Å². The van der Waals surface area contributed by atoms with Gasteiger partial charge in [-0.1, -0.05) is 24.2 Å². The van der Waals surface area contributed by atoms with Crippen molar-refractivity contribution in [2.24, 2.45) is 0 Å². The van der Waals surface area contributed by atoms with Gasteiger partial charge in [-0.3, -0.25) is 9.78 Å². The number of alkyl carbamates (subject to hydrolysis) is 1. The molecule has 0 aromatic carbocycles. The third kappa shape index (κ3) is 8.64. The molecule has 0 spiro atoms. The van der Waals surface area contributed by atoms with E-state index in [1.54, 1.807) is 24.5 Å². The van der Waals surface area contributed by atoms with Crippen LogP contribution in [0.3, 0.4) is 0 Å². The molecule has 0 saturated heterocycles. The van der Waals surface area contributed by atoms with Crippen LogP contribution in [0, 0.1) is 0 Å². The Morgan fingerprint density at radius 3 is 2.43 bits per heavy atom. The lowest BCUT2D eigenvalue weighted by Gasteiger charge is -2.33. The van der Waals surface area contributed by atoms with Gasteiger partial charge in [0.25, 0.3) is 0 Å². The van der Waals surface area contributed by atoms with Crippen LogP contribution in [0.1, 0.15) is 104 Å². The number of carbonyl (C=O) groups is 2. The Labute approximate surface area is 291 Å². The van der Waals surface area contributed by atoms with Crippen molar-refractivity contribution >= 4 is 40.5 Å². The number of aromatic nitrogens is 6. The van der Waals surface area contributed by atoms with Gasteiger partial charge in [0.15, 0.2) is 5.01 Å². The van der Waals surface area contributed by atoms with Crippen LogP contribution in [0.4, 0.5) is 16.4 Å². The SMILES string of the molecule is CC(=O)N[C@H]1CC[C@H](c2nnc(-c3cnc(-c4ccc5cnc(N[C@@H]6CCCC[C@@H]6NC(=O)OC(C)(C)C)nn45)cc3NC(C)C)s2)CC1. The second-order valence-corrected chi connectivity index (χ2v) is 15.5. The van der Waals surface area contributed by atoms with E-state index in [1.165, 1.54) is 0 Å². The largest absolute Gasteiger partial charge is 0.444 e. The first-order chi connectivity index (χ1) is 23.4. The van der Waals surface area contributed by atoms with E-state index in [2.05, 4.69) is 50.3 Å². The molecule has 4 heterocycles. The van der Waals surface area contributed by atoms with Gasteiger partial charge in [0.1, 0.15) is 10.6 Å².